The van der Waals surface area contributed by atoms with Crippen LogP contribution < -0.4 is 5.73 Å². The molecule has 168 valence electrons. The monoisotopic (exact) mass is 461 g/mol. The molecule has 0 atom stereocenters. The van der Waals surface area contributed by atoms with Crippen molar-refractivity contribution in [1.29, 1.82) is 0 Å². The Balaban J connectivity index is 0.000000221. The van der Waals surface area contributed by atoms with Crippen molar-refractivity contribution in [1.82, 2.24) is 9.88 Å². The summed E-state index contributed by atoms with van der Waals surface area (Å²) in [7, 11) is 0. The van der Waals surface area contributed by atoms with E-state index in [9.17, 15) is 9.59 Å². The molecule has 3 aromatic heterocycles. The van der Waals surface area contributed by atoms with Crippen LogP contribution in [0.1, 0.15) is 58.4 Å². The fourth-order valence-electron chi connectivity index (χ4n) is 3.13. The van der Waals surface area contributed by atoms with Gasteiger partial charge in [-0.1, -0.05) is 6.07 Å². The topological polar surface area (TPSA) is 88.4 Å². The quantitative estimate of drug-likeness (QED) is 0.464. The van der Waals surface area contributed by atoms with Gasteiger partial charge in [0.05, 0.1) is 6.61 Å². The van der Waals surface area contributed by atoms with Crippen LogP contribution in [0.4, 0.5) is 5.00 Å². The molecule has 3 N–H and O–H groups in total. The SMILES string of the molecule is CCN(CC)C(=O)c1[nH]c(C)c(C)c1C.CCOC(=O)c1c(-c2cccs2)csc1N. The number of aryl methyl sites for hydroxylation is 1. The fraction of sp³-hybridized carbons (Fsp3) is 0.391. The van der Waals surface area contributed by atoms with Crippen molar-refractivity contribution < 1.29 is 14.3 Å². The first-order chi connectivity index (χ1) is 14.8. The smallest absolute Gasteiger partial charge is 0.341 e. The molecule has 0 unspecified atom stereocenters. The summed E-state index contributed by atoms with van der Waals surface area (Å²) in [5.74, 6) is -0.238. The van der Waals surface area contributed by atoms with E-state index in [0.717, 1.165) is 40.5 Å². The summed E-state index contributed by atoms with van der Waals surface area (Å²) < 4.78 is 5.00. The zero-order chi connectivity index (χ0) is 23.1. The van der Waals surface area contributed by atoms with Crippen molar-refractivity contribution in [3.8, 4) is 10.4 Å². The highest BCUT2D eigenvalue weighted by atomic mass is 32.1. The molecule has 6 nitrogen and oxygen atoms in total. The van der Waals surface area contributed by atoms with Crippen molar-refractivity contribution in [3.63, 3.8) is 0 Å². The summed E-state index contributed by atoms with van der Waals surface area (Å²) in [5.41, 5.74) is 11.3. The van der Waals surface area contributed by atoms with Crippen molar-refractivity contribution in [3.05, 3.63) is 51.0 Å². The lowest BCUT2D eigenvalue weighted by Gasteiger charge is -2.18. The number of esters is 1. The Labute approximate surface area is 192 Å². The number of hydrogen-bond donors (Lipinski definition) is 2. The number of H-pyrrole nitrogens is 1. The number of aromatic amines is 1. The Morgan fingerprint density at radius 2 is 1.77 bits per heavy atom. The Morgan fingerprint density at radius 3 is 2.26 bits per heavy atom. The molecular weight excluding hydrogens is 430 g/mol. The normalized spacial score (nSPS) is 10.4. The third-order valence-electron chi connectivity index (χ3n) is 5.16. The maximum absolute atomic E-state index is 12.1. The number of nitrogens with two attached hydrogens (primary N) is 1. The van der Waals surface area contributed by atoms with Gasteiger partial charge < -0.3 is 20.4 Å². The predicted octanol–water partition coefficient (Wildman–Crippen LogP) is 5.66. The van der Waals surface area contributed by atoms with Gasteiger partial charge in [0.2, 0.25) is 0 Å². The van der Waals surface area contributed by atoms with E-state index >= 15 is 0 Å². The Hall–Kier alpha value is -2.58. The molecule has 0 aliphatic rings. The summed E-state index contributed by atoms with van der Waals surface area (Å²) >= 11 is 2.95. The highest BCUT2D eigenvalue weighted by Crippen LogP contribution is 2.36. The Bertz CT molecular complexity index is 1020. The number of ether oxygens (including phenoxy) is 1. The molecule has 1 amide bonds. The van der Waals surface area contributed by atoms with E-state index in [2.05, 4.69) is 4.98 Å². The van der Waals surface area contributed by atoms with Gasteiger partial charge in [-0.3, -0.25) is 4.79 Å². The van der Waals surface area contributed by atoms with Crippen LogP contribution in [0.25, 0.3) is 10.4 Å². The average Bonchev–Trinajstić information content (AvgIpc) is 3.46. The zero-order valence-electron chi connectivity index (χ0n) is 19.0. The molecule has 3 aromatic rings. The molecule has 0 bridgehead atoms. The first-order valence-corrected chi connectivity index (χ1v) is 12.1. The van der Waals surface area contributed by atoms with Crippen LogP contribution in [0.5, 0.6) is 0 Å². The summed E-state index contributed by atoms with van der Waals surface area (Å²) in [5, 5.41) is 4.38. The van der Waals surface area contributed by atoms with E-state index in [1.807, 2.05) is 62.4 Å². The van der Waals surface area contributed by atoms with Gasteiger partial charge in [-0.15, -0.1) is 22.7 Å². The first-order valence-electron chi connectivity index (χ1n) is 10.3. The average molecular weight is 462 g/mol. The fourth-order valence-corrected chi connectivity index (χ4v) is 4.75. The number of rotatable bonds is 6. The van der Waals surface area contributed by atoms with Gasteiger partial charge in [-0.2, -0.15) is 0 Å². The van der Waals surface area contributed by atoms with E-state index in [0.29, 0.717) is 17.2 Å². The molecule has 0 aliphatic carbocycles. The molecule has 0 saturated heterocycles. The van der Waals surface area contributed by atoms with Gasteiger partial charge in [-0.05, 0) is 64.1 Å². The number of nitrogen functional groups attached to an aromatic ring is 1. The van der Waals surface area contributed by atoms with Gasteiger partial charge in [0.1, 0.15) is 16.3 Å². The van der Waals surface area contributed by atoms with Crippen LogP contribution in [0.2, 0.25) is 0 Å². The molecule has 0 saturated carbocycles. The molecule has 0 radical (unpaired) electrons. The van der Waals surface area contributed by atoms with Gasteiger partial charge in [-0.25, -0.2) is 4.79 Å². The maximum atomic E-state index is 12.1. The highest BCUT2D eigenvalue weighted by Gasteiger charge is 2.20. The lowest BCUT2D eigenvalue weighted by atomic mass is 10.1. The van der Waals surface area contributed by atoms with Crippen molar-refractivity contribution in [2.75, 3.05) is 25.4 Å². The number of thiophene rings is 2. The van der Waals surface area contributed by atoms with E-state index in [4.69, 9.17) is 10.5 Å². The summed E-state index contributed by atoms with van der Waals surface area (Å²) in [6, 6.07) is 3.91. The zero-order valence-corrected chi connectivity index (χ0v) is 20.6. The Morgan fingerprint density at radius 1 is 1.10 bits per heavy atom. The molecule has 0 aromatic carbocycles. The van der Waals surface area contributed by atoms with E-state index in [1.54, 1.807) is 18.3 Å². The third-order valence-corrected chi connectivity index (χ3v) is 6.88. The number of hydrogen-bond acceptors (Lipinski definition) is 6. The van der Waals surface area contributed by atoms with Gasteiger partial charge in [0.25, 0.3) is 5.91 Å². The second-order valence-electron chi connectivity index (χ2n) is 6.94. The summed E-state index contributed by atoms with van der Waals surface area (Å²) in [6.07, 6.45) is 0. The predicted molar refractivity (Wildman–Crippen MR) is 130 cm³/mol. The van der Waals surface area contributed by atoms with Crippen LogP contribution in [-0.2, 0) is 4.74 Å². The molecule has 31 heavy (non-hydrogen) atoms. The minimum Gasteiger partial charge on any atom is -0.462 e. The lowest BCUT2D eigenvalue weighted by Crippen LogP contribution is -2.31. The van der Waals surface area contributed by atoms with Crippen LogP contribution in [0.15, 0.2) is 22.9 Å². The second kappa shape index (κ2) is 11.2. The molecule has 0 fully saturated rings. The molecular formula is C23H31N3O3S2. The number of carbonyl (C=O) groups is 2. The molecule has 3 heterocycles. The van der Waals surface area contributed by atoms with E-state index < -0.39 is 0 Å². The lowest BCUT2D eigenvalue weighted by molar-refractivity contribution is 0.0528. The number of nitrogens with zero attached hydrogens (tertiary/aromatic N) is 1. The maximum Gasteiger partial charge on any atom is 0.341 e. The largest absolute Gasteiger partial charge is 0.462 e. The van der Waals surface area contributed by atoms with Crippen LogP contribution >= 0.6 is 22.7 Å². The second-order valence-corrected chi connectivity index (χ2v) is 8.80. The molecule has 3 rings (SSSR count). The van der Waals surface area contributed by atoms with Crippen LogP contribution in [-0.4, -0.2) is 41.5 Å². The number of nitrogens with one attached hydrogen (secondary N) is 1. The summed E-state index contributed by atoms with van der Waals surface area (Å²) in [4.78, 5) is 29.9. The van der Waals surface area contributed by atoms with Crippen LogP contribution in [0, 0.1) is 20.8 Å². The third kappa shape index (κ3) is 5.57. The van der Waals surface area contributed by atoms with E-state index in [1.165, 1.54) is 16.9 Å². The van der Waals surface area contributed by atoms with Gasteiger partial charge in [0.15, 0.2) is 0 Å². The van der Waals surface area contributed by atoms with Crippen molar-refractivity contribution in [2.45, 2.75) is 41.5 Å². The minimum absolute atomic E-state index is 0.105. The number of aromatic nitrogens is 1. The Kier molecular flexibility index (Phi) is 8.88. The minimum atomic E-state index is -0.343. The van der Waals surface area contributed by atoms with Gasteiger partial charge in [0, 0.05) is 34.6 Å². The number of amides is 1. The van der Waals surface area contributed by atoms with Crippen LogP contribution in [0.3, 0.4) is 0 Å². The van der Waals surface area contributed by atoms with Crippen molar-refractivity contribution >= 4 is 39.6 Å². The number of anilines is 1. The first kappa shape index (κ1) is 24.7. The van der Waals surface area contributed by atoms with E-state index in [-0.39, 0.29) is 11.9 Å². The summed E-state index contributed by atoms with van der Waals surface area (Å²) in [6.45, 7) is 13.7. The standard InChI is InChI=1S/C12H20N2O.C11H11NO2S2/c1-6-14(7-2)12(15)11-9(4)8(3)10(5)13-11;1-2-14-11(13)9-7(6-16-10(9)12)8-4-3-5-15-8/h13H,6-7H2,1-5H3;3-6H,2,12H2,1H3. The highest BCUT2D eigenvalue weighted by molar-refractivity contribution is 7.16. The van der Waals surface area contributed by atoms with Crippen molar-refractivity contribution in [2.24, 2.45) is 0 Å². The number of carbonyl (C=O) groups excluding carboxylic acids is 2. The molecule has 0 spiro atoms. The molecule has 8 heteroatoms. The van der Waals surface area contributed by atoms with Gasteiger partial charge >= 0.3 is 5.97 Å². The molecule has 0 aliphatic heterocycles.